The fraction of sp³-hybridized carbons (Fsp3) is 0.286. The van der Waals surface area contributed by atoms with Gasteiger partial charge in [0.2, 0.25) is 0 Å². The molecule has 3 nitrogen and oxygen atoms in total. The summed E-state index contributed by atoms with van der Waals surface area (Å²) in [5, 5.41) is 13.4. The highest BCUT2D eigenvalue weighted by molar-refractivity contribution is 7.11. The van der Waals surface area contributed by atoms with E-state index < -0.39 is 0 Å². The van der Waals surface area contributed by atoms with Gasteiger partial charge >= 0.3 is 0 Å². The van der Waals surface area contributed by atoms with Crippen LogP contribution < -0.4 is 5.32 Å². The van der Waals surface area contributed by atoms with Gasteiger partial charge in [0.25, 0.3) is 0 Å². The molecule has 1 unspecified atom stereocenters. The molecular weight excluding hydrogens is 242 g/mol. The third-order valence-electron chi connectivity index (χ3n) is 2.77. The van der Waals surface area contributed by atoms with Crippen molar-refractivity contribution in [3.8, 4) is 6.07 Å². The second-order valence-corrected chi connectivity index (χ2v) is 5.50. The highest BCUT2D eigenvalue weighted by atomic mass is 32.1. The summed E-state index contributed by atoms with van der Waals surface area (Å²) in [6, 6.07) is 10.1. The van der Waals surface area contributed by atoms with E-state index >= 15 is 0 Å². The van der Waals surface area contributed by atoms with Crippen molar-refractivity contribution in [2.75, 3.05) is 0 Å². The van der Waals surface area contributed by atoms with Crippen molar-refractivity contribution in [2.24, 2.45) is 0 Å². The lowest BCUT2D eigenvalue weighted by atomic mass is 10.1. The molecule has 2 aromatic rings. The number of hydrogen-bond acceptors (Lipinski definition) is 4. The van der Waals surface area contributed by atoms with E-state index in [-0.39, 0.29) is 6.04 Å². The first-order valence-corrected chi connectivity index (χ1v) is 6.65. The predicted octanol–water partition coefficient (Wildman–Crippen LogP) is 3.17. The Labute approximate surface area is 111 Å². The van der Waals surface area contributed by atoms with E-state index in [4.69, 9.17) is 5.26 Å². The fourth-order valence-electron chi connectivity index (χ4n) is 1.74. The SMILES string of the molecule is Cc1ncc(CNC(C)c2cccc(C#N)c2)s1. The number of thiazole rings is 1. The van der Waals surface area contributed by atoms with Crippen LogP contribution >= 0.6 is 11.3 Å². The summed E-state index contributed by atoms with van der Waals surface area (Å²) in [5.41, 5.74) is 1.84. The van der Waals surface area contributed by atoms with E-state index in [1.54, 1.807) is 11.3 Å². The lowest BCUT2D eigenvalue weighted by molar-refractivity contribution is 0.578. The van der Waals surface area contributed by atoms with Gasteiger partial charge in [0.05, 0.1) is 16.6 Å². The number of nitriles is 1. The van der Waals surface area contributed by atoms with Crippen LogP contribution in [0, 0.1) is 18.3 Å². The minimum absolute atomic E-state index is 0.223. The standard InChI is InChI=1S/C14H15N3S/c1-10(13-5-3-4-12(6-13)7-15)16-8-14-9-17-11(2)18-14/h3-6,9-10,16H,8H2,1-2H3. The molecule has 0 bridgehead atoms. The molecule has 1 atom stereocenters. The number of benzene rings is 1. The Morgan fingerprint density at radius 1 is 1.50 bits per heavy atom. The van der Waals surface area contributed by atoms with Crippen LogP contribution in [0.4, 0.5) is 0 Å². The maximum Gasteiger partial charge on any atom is 0.0991 e. The molecule has 0 aliphatic carbocycles. The highest BCUT2D eigenvalue weighted by Gasteiger charge is 2.06. The van der Waals surface area contributed by atoms with Crippen molar-refractivity contribution in [3.05, 3.63) is 51.5 Å². The predicted molar refractivity (Wildman–Crippen MR) is 73.3 cm³/mol. The Morgan fingerprint density at radius 3 is 3.00 bits per heavy atom. The second kappa shape index (κ2) is 5.76. The number of rotatable bonds is 4. The zero-order valence-corrected chi connectivity index (χ0v) is 11.3. The summed E-state index contributed by atoms with van der Waals surface area (Å²) in [4.78, 5) is 5.46. The van der Waals surface area contributed by atoms with Crippen molar-refractivity contribution in [3.63, 3.8) is 0 Å². The van der Waals surface area contributed by atoms with E-state index in [9.17, 15) is 0 Å². The monoisotopic (exact) mass is 257 g/mol. The minimum atomic E-state index is 0.223. The molecule has 0 aliphatic rings. The molecule has 0 radical (unpaired) electrons. The third-order valence-corrected chi connectivity index (χ3v) is 3.68. The lowest BCUT2D eigenvalue weighted by Gasteiger charge is -2.13. The Bertz CT molecular complexity index is 568. The van der Waals surface area contributed by atoms with Crippen molar-refractivity contribution < 1.29 is 0 Å². The van der Waals surface area contributed by atoms with Crippen LogP contribution in [0.25, 0.3) is 0 Å². The summed E-state index contributed by atoms with van der Waals surface area (Å²) in [6.07, 6.45) is 1.91. The van der Waals surface area contributed by atoms with Crippen LogP contribution in [-0.4, -0.2) is 4.98 Å². The number of aryl methyl sites for hydroxylation is 1. The summed E-state index contributed by atoms with van der Waals surface area (Å²) >= 11 is 1.71. The van der Waals surface area contributed by atoms with Crippen LogP contribution in [0.3, 0.4) is 0 Å². The first-order valence-electron chi connectivity index (χ1n) is 5.84. The highest BCUT2D eigenvalue weighted by Crippen LogP contribution is 2.16. The molecule has 1 N–H and O–H groups in total. The fourth-order valence-corrected chi connectivity index (χ4v) is 2.48. The normalized spacial score (nSPS) is 12.1. The maximum atomic E-state index is 8.88. The Morgan fingerprint density at radius 2 is 2.33 bits per heavy atom. The molecule has 2 rings (SSSR count). The molecule has 0 saturated carbocycles. The minimum Gasteiger partial charge on any atom is -0.305 e. The molecule has 92 valence electrons. The molecule has 0 aliphatic heterocycles. The summed E-state index contributed by atoms with van der Waals surface area (Å²) in [5.74, 6) is 0. The molecule has 1 aromatic carbocycles. The summed E-state index contributed by atoms with van der Waals surface area (Å²) in [6.45, 7) is 4.92. The van der Waals surface area contributed by atoms with E-state index in [1.807, 2.05) is 37.4 Å². The van der Waals surface area contributed by atoms with Gasteiger partial charge in [-0.2, -0.15) is 5.26 Å². The van der Waals surface area contributed by atoms with Gasteiger partial charge in [0.15, 0.2) is 0 Å². The lowest BCUT2D eigenvalue weighted by Crippen LogP contribution is -2.17. The topological polar surface area (TPSA) is 48.7 Å². The van der Waals surface area contributed by atoms with E-state index in [0.717, 1.165) is 17.1 Å². The number of hydrogen-bond donors (Lipinski definition) is 1. The summed E-state index contributed by atoms with van der Waals surface area (Å²) in [7, 11) is 0. The van der Waals surface area contributed by atoms with Gasteiger partial charge in [-0.1, -0.05) is 12.1 Å². The van der Waals surface area contributed by atoms with Crippen LogP contribution in [-0.2, 0) is 6.54 Å². The molecule has 1 aromatic heterocycles. The van der Waals surface area contributed by atoms with Crippen LogP contribution in [0.15, 0.2) is 30.5 Å². The van der Waals surface area contributed by atoms with Crippen LogP contribution in [0.5, 0.6) is 0 Å². The van der Waals surface area contributed by atoms with Crippen LogP contribution in [0.1, 0.15) is 34.0 Å². The second-order valence-electron chi connectivity index (χ2n) is 4.19. The molecule has 0 fully saturated rings. The Kier molecular flexibility index (Phi) is 4.08. The van der Waals surface area contributed by atoms with Gasteiger partial charge in [-0.25, -0.2) is 4.98 Å². The molecule has 0 saturated heterocycles. The van der Waals surface area contributed by atoms with Crippen LogP contribution in [0.2, 0.25) is 0 Å². The quantitative estimate of drug-likeness (QED) is 0.915. The van der Waals surface area contributed by atoms with Gasteiger partial charge in [-0.05, 0) is 31.5 Å². The maximum absolute atomic E-state index is 8.88. The van der Waals surface area contributed by atoms with Gasteiger partial charge in [0.1, 0.15) is 0 Å². The number of nitrogens with one attached hydrogen (secondary N) is 1. The first-order chi connectivity index (χ1) is 8.69. The Balaban J connectivity index is 1.99. The van der Waals surface area contributed by atoms with Crippen molar-refractivity contribution >= 4 is 11.3 Å². The smallest absolute Gasteiger partial charge is 0.0991 e. The average molecular weight is 257 g/mol. The molecule has 18 heavy (non-hydrogen) atoms. The number of aromatic nitrogens is 1. The average Bonchev–Trinajstić information content (AvgIpc) is 2.82. The van der Waals surface area contributed by atoms with E-state index in [1.165, 1.54) is 4.88 Å². The molecule has 1 heterocycles. The zero-order valence-electron chi connectivity index (χ0n) is 10.5. The molecule has 0 spiro atoms. The van der Waals surface area contributed by atoms with E-state index in [2.05, 4.69) is 23.3 Å². The van der Waals surface area contributed by atoms with Gasteiger partial charge in [0, 0.05) is 23.7 Å². The largest absolute Gasteiger partial charge is 0.305 e. The van der Waals surface area contributed by atoms with Crippen molar-refractivity contribution in [1.29, 1.82) is 5.26 Å². The van der Waals surface area contributed by atoms with Crippen molar-refractivity contribution in [1.82, 2.24) is 10.3 Å². The third kappa shape index (κ3) is 3.16. The van der Waals surface area contributed by atoms with Gasteiger partial charge < -0.3 is 5.32 Å². The first kappa shape index (κ1) is 12.7. The van der Waals surface area contributed by atoms with E-state index in [0.29, 0.717) is 5.56 Å². The molecule has 0 amide bonds. The molecular formula is C14H15N3S. The molecule has 4 heteroatoms. The number of nitrogens with zero attached hydrogens (tertiary/aromatic N) is 2. The van der Waals surface area contributed by atoms with Gasteiger partial charge in [-0.3, -0.25) is 0 Å². The summed E-state index contributed by atoms with van der Waals surface area (Å²) < 4.78 is 0. The zero-order chi connectivity index (χ0) is 13.0. The van der Waals surface area contributed by atoms with Crippen molar-refractivity contribution in [2.45, 2.75) is 26.4 Å². The Hall–Kier alpha value is -1.70. The van der Waals surface area contributed by atoms with Gasteiger partial charge in [-0.15, -0.1) is 11.3 Å².